The number of thiophene rings is 1. The minimum atomic E-state index is 0.733. The summed E-state index contributed by atoms with van der Waals surface area (Å²) < 4.78 is 2.56. The molecule has 0 aliphatic heterocycles. The molecule has 0 aliphatic rings. The Kier molecular flexibility index (Phi) is 7.97. The van der Waals surface area contributed by atoms with Crippen LogP contribution in [0.3, 0.4) is 0 Å². The summed E-state index contributed by atoms with van der Waals surface area (Å²) in [6.45, 7) is 0. The van der Waals surface area contributed by atoms with Crippen LogP contribution in [0.1, 0.15) is 0 Å². The number of rotatable bonds is 6. The predicted molar refractivity (Wildman–Crippen MR) is 238 cm³/mol. The van der Waals surface area contributed by atoms with Crippen LogP contribution in [0.15, 0.2) is 194 Å². The van der Waals surface area contributed by atoms with E-state index in [4.69, 9.17) is 19.9 Å². The number of para-hydroxylation sites is 2. The molecule has 0 fully saturated rings. The van der Waals surface area contributed by atoms with Gasteiger partial charge in [0.15, 0.2) is 11.6 Å². The molecule has 8 aromatic carbocycles. The Morgan fingerprint density at radius 3 is 1.25 bits per heavy atom. The van der Waals surface area contributed by atoms with E-state index in [1.165, 1.54) is 42.4 Å². The molecule has 0 N–H and O–H groups in total. The van der Waals surface area contributed by atoms with Crippen molar-refractivity contribution < 1.29 is 0 Å². The van der Waals surface area contributed by atoms with Gasteiger partial charge in [-0.3, -0.25) is 0 Å². The Balaban J connectivity index is 0.901. The fourth-order valence-electron chi connectivity index (χ4n) is 7.80. The lowest BCUT2D eigenvalue weighted by Gasteiger charge is -2.10. The molecule has 57 heavy (non-hydrogen) atoms. The number of aromatic nitrogens is 4. The van der Waals surface area contributed by atoms with Gasteiger partial charge < -0.3 is 0 Å². The van der Waals surface area contributed by atoms with Crippen LogP contribution in [0.5, 0.6) is 0 Å². The van der Waals surface area contributed by atoms with Crippen molar-refractivity contribution in [3.05, 3.63) is 194 Å². The number of fused-ring (bicyclic) bond motifs is 5. The summed E-state index contributed by atoms with van der Waals surface area (Å²) in [5, 5.41) is 4.64. The summed E-state index contributed by atoms with van der Waals surface area (Å²) in [6.07, 6.45) is 0. The number of benzene rings is 8. The van der Waals surface area contributed by atoms with E-state index in [-0.39, 0.29) is 0 Å². The van der Waals surface area contributed by atoms with E-state index in [9.17, 15) is 0 Å². The number of nitrogens with zero attached hydrogens (tertiary/aromatic N) is 4. The average molecular weight is 745 g/mol. The molecule has 11 rings (SSSR count). The molecule has 4 nitrogen and oxygen atoms in total. The molecule has 3 heterocycles. The Morgan fingerprint density at radius 1 is 0.263 bits per heavy atom. The minimum absolute atomic E-state index is 0.733. The van der Waals surface area contributed by atoms with Crippen LogP contribution in [-0.2, 0) is 0 Å². The van der Waals surface area contributed by atoms with Crippen LogP contribution < -0.4 is 0 Å². The zero-order valence-corrected chi connectivity index (χ0v) is 31.5. The molecule has 0 atom stereocenters. The maximum Gasteiger partial charge on any atom is 0.160 e. The zero-order valence-electron chi connectivity index (χ0n) is 30.7. The molecule has 0 saturated carbocycles. The summed E-state index contributed by atoms with van der Waals surface area (Å²) in [5.74, 6) is 1.47. The Labute approximate surface area is 333 Å². The SMILES string of the molecule is c1ccc(-c2nc(-c3ccc(-c4ccc5c(c4)sc4ccc(-c6ccc(-c7nc(-c8ccccc8)nc8ccccc78)cc6)cc45)cc3)c3ccccc3n2)cc1. The normalized spacial score (nSPS) is 11.5. The predicted octanol–water partition coefficient (Wildman–Crippen LogP) is 13.9. The van der Waals surface area contributed by atoms with Crippen molar-refractivity contribution in [3.8, 4) is 67.5 Å². The third-order valence-electron chi connectivity index (χ3n) is 10.7. The van der Waals surface area contributed by atoms with E-state index in [0.717, 1.165) is 67.1 Å². The van der Waals surface area contributed by atoms with Gasteiger partial charge >= 0.3 is 0 Å². The second-order valence-corrected chi connectivity index (χ2v) is 15.3. The van der Waals surface area contributed by atoms with Gasteiger partial charge in [0.2, 0.25) is 0 Å². The van der Waals surface area contributed by atoms with Gasteiger partial charge in [0.1, 0.15) is 0 Å². The summed E-state index contributed by atoms with van der Waals surface area (Å²) >= 11 is 1.84. The van der Waals surface area contributed by atoms with Gasteiger partial charge in [0, 0.05) is 53.2 Å². The van der Waals surface area contributed by atoms with E-state index in [1.807, 2.05) is 59.9 Å². The number of hydrogen-bond donors (Lipinski definition) is 0. The van der Waals surface area contributed by atoms with Crippen LogP contribution in [0.2, 0.25) is 0 Å². The summed E-state index contributed by atoms with van der Waals surface area (Å²) in [4.78, 5) is 19.9. The molecule has 0 spiro atoms. The quantitative estimate of drug-likeness (QED) is 0.170. The van der Waals surface area contributed by atoms with Gasteiger partial charge in [0.05, 0.1) is 22.4 Å². The molecular weight excluding hydrogens is 713 g/mol. The second-order valence-electron chi connectivity index (χ2n) is 14.2. The van der Waals surface area contributed by atoms with Gasteiger partial charge in [-0.05, 0) is 52.6 Å². The fraction of sp³-hybridized carbons (Fsp3) is 0. The second kappa shape index (κ2) is 13.7. The van der Waals surface area contributed by atoms with Crippen LogP contribution in [0, 0.1) is 0 Å². The van der Waals surface area contributed by atoms with Crippen molar-refractivity contribution in [2.75, 3.05) is 0 Å². The molecule has 0 radical (unpaired) electrons. The van der Waals surface area contributed by atoms with Crippen molar-refractivity contribution in [1.29, 1.82) is 0 Å². The first-order valence-electron chi connectivity index (χ1n) is 19.0. The lowest BCUT2D eigenvalue weighted by Crippen LogP contribution is -1.95. The molecule has 0 unspecified atom stereocenters. The third-order valence-corrected chi connectivity index (χ3v) is 11.9. The third kappa shape index (κ3) is 6.02. The highest BCUT2D eigenvalue weighted by atomic mass is 32.1. The first-order valence-corrected chi connectivity index (χ1v) is 19.9. The van der Waals surface area contributed by atoms with Gasteiger partial charge in [-0.1, -0.05) is 164 Å². The molecule has 0 bridgehead atoms. The molecule has 0 saturated heterocycles. The van der Waals surface area contributed by atoms with Crippen LogP contribution in [-0.4, -0.2) is 19.9 Å². The number of hydrogen-bond acceptors (Lipinski definition) is 5. The Bertz CT molecular complexity index is 3270. The molecule has 266 valence electrons. The standard InChI is InChI=1S/C52H32N4S/c1-3-11-37(12-4-1)51-53-45-17-9-7-15-42(45)49(55-51)35-23-19-33(20-24-35)39-28-30-47-44(31-39)41-29-27-40(32-48(41)57-47)34-21-25-36(26-22-34)50-43-16-8-10-18-46(43)54-52(56-50)38-13-5-2-6-14-38/h1-32H. The van der Waals surface area contributed by atoms with Crippen LogP contribution >= 0.6 is 11.3 Å². The van der Waals surface area contributed by atoms with E-state index < -0.39 is 0 Å². The molecular formula is C52H32N4S. The molecule has 0 aliphatic carbocycles. The smallest absolute Gasteiger partial charge is 0.160 e. The fourth-order valence-corrected chi connectivity index (χ4v) is 8.93. The highest BCUT2D eigenvalue weighted by Crippen LogP contribution is 2.40. The van der Waals surface area contributed by atoms with Crippen molar-refractivity contribution in [2.45, 2.75) is 0 Å². The maximum absolute atomic E-state index is 5.07. The zero-order chi connectivity index (χ0) is 37.7. The van der Waals surface area contributed by atoms with Crippen LogP contribution in [0.4, 0.5) is 0 Å². The lowest BCUT2D eigenvalue weighted by molar-refractivity contribution is 1.23. The highest BCUT2D eigenvalue weighted by Gasteiger charge is 2.15. The molecule has 3 aromatic heterocycles. The summed E-state index contributed by atoms with van der Waals surface area (Å²) in [5.41, 5.74) is 12.6. The van der Waals surface area contributed by atoms with E-state index in [1.54, 1.807) is 0 Å². The van der Waals surface area contributed by atoms with Gasteiger partial charge in [-0.2, -0.15) is 0 Å². The van der Waals surface area contributed by atoms with Crippen LogP contribution in [0.25, 0.3) is 110 Å². The summed E-state index contributed by atoms with van der Waals surface area (Å²) in [6, 6.07) is 68.1. The van der Waals surface area contributed by atoms with Gasteiger partial charge in [-0.15, -0.1) is 11.3 Å². The van der Waals surface area contributed by atoms with Crippen molar-refractivity contribution in [1.82, 2.24) is 19.9 Å². The average Bonchev–Trinajstić information content (AvgIpc) is 3.66. The monoisotopic (exact) mass is 744 g/mol. The van der Waals surface area contributed by atoms with E-state index >= 15 is 0 Å². The Hall–Kier alpha value is -7.34. The largest absolute Gasteiger partial charge is 0.228 e. The van der Waals surface area contributed by atoms with Crippen molar-refractivity contribution in [2.24, 2.45) is 0 Å². The summed E-state index contributed by atoms with van der Waals surface area (Å²) in [7, 11) is 0. The van der Waals surface area contributed by atoms with Gasteiger partial charge in [-0.25, -0.2) is 19.9 Å². The van der Waals surface area contributed by atoms with Crippen molar-refractivity contribution in [3.63, 3.8) is 0 Å². The van der Waals surface area contributed by atoms with Crippen molar-refractivity contribution >= 4 is 53.3 Å². The first-order chi connectivity index (χ1) is 28.2. The lowest BCUT2D eigenvalue weighted by atomic mass is 9.98. The van der Waals surface area contributed by atoms with Gasteiger partial charge in [0.25, 0.3) is 0 Å². The maximum atomic E-state index is 5.07. The molecule has 5 heteroatoms. The molecule has 0 amide bonds. The first kappa shape index (κ1) is 33.0. The molecule has 11 aromatic rings. The topological polar surface area (TPSA) is 51.6 Å². The Morgan fingerprint density at radius 2 is 0.702 bits per heavy atom. The van der Waals surface area contributed by atoms with E-state index in [0.29, 0.717) is 0 Å². The minimum Gasteiger partial charge on any atom is -0.228 e. The highest BCUT2D eigenvalue weighted by molar-refractivity contribution is 7.25. The van der Waals surface area contributed by atoms with E-state index in [2.05, 4.69) is 146 Å².